The van der Waals surface area contributed by atoms with Crippen molar-refractivity contribution in [3.05, 3.63) is 48.4 Å². The van der Waals surface area contributed by atoms with Crippen LogP contribution in [0.5, 0.6) is 0 Å². The Morgan fingerprint density at radius 1 is 1.18 bits per heavy atom. The predicted molar refractivity (Wildman–Crippen MR) is 77.3 cm³/mol. The van der Waals surface area contributed by atoms with Gasteiger partial charge in [0.2, 0.25) is 0 Å². The molecular weight excluding hydrogens is 321 g/mol. The molecule has 2 nitrogen and oxygen atoms in total. The summed E-state index contributed by atoms with van der Waals surface area (Å²) in [6, 6.07) is 5.28. The van der Waals surface area contributed by atoms with Gasteiger partial charge in [-0.2, -0.15) is 0 Å². The highest BCUT2D eigenvalue weighted by Gasteiger charge is 2.08. The van der Waals surface area contributed by atoms with Gasteiger partial charge in [-0.1, -0.05) is 51.2 Å². The molecule has 0 fully saturated rings. The fourth-order valence-corrected chi connectivity index (χ4v) is 4.09. The standard InChI is InChI=1S/C10H6Cl3NOS2/c11-6-2-1-5(7(12)3-6)4-14-9-8(13)10(15)17-16-9/h1-3,14H,4H2. The largest absolute Gasteiger partial charge is 0.371 e. The van der Waals surface area contributed by atoms with Gasteiger partial charge in [0.05, 0.1) is 0 Å². The monoisotopic (exact) mass is 325 g/mol. The molecule has 0 aliphatic heterocycles. The van der Waals surface area contributed by atoms with Crippen molar-refractivity contribution in [2.75, 3.05) is 5.32 Å². The number of benzene rings is 1. The van der Waals surface area contributed by atoms with Gasteiger partial charge >= 0.3 is 0 Å². The van der Waals surface area contributed by atoms with E-state index in [1.165, 1.54) is 10.3 Å². The van der Waals surface area contributed by atoms with Crippen molar-refractivity contribution < 1.29 is 0 Å². The molecule has 0 saturated heterocycles. The van der Waals surface area contributed by atoms with Crippen LogP contribution in [0.15, 0.2) is 23.0 Å². The van der Waals surface area contributed by atoms with E-state index in [4.69, 9.17) is 34.8 Å². The molecule has 1 heterocycles. The van der Waals surface area contributed by atoms with Crippen LogP contribution in [0, 0.1) is 0 Å². The van der Waals surface area contributed by atoms with Crippen molar-refractivity contribution in [1.29, 1.82) is 0 Å². The van der Waals surface area contributed by atoms with E-state index in [1.807, 2.05) is 6.07 Å². The average molecular weight is 327 g/mol. The van der Waals surface area contributed by atoms with Gasteiger partial charge < -0.3 is 5.32 Å². The predicted octanol–water partition coefficient (Wildman–Crippen LogP) is 4.74. The van der Waals surface area contributed by atoms with Gasteiger partial charge in [0, 0.05) is 16.6 Å². The fourth-order valence-electron chi connectivity index (χ4n) is 1.19. The summed E-state index contributed by atoms with van der Waals surface area (Å²) in [5, 5.41) is 5.18. The minimum Gasteiger partial charge on any atom is -0.371 e. The van der Waals surface area contributed by atoms with Crippen LogP contribution in [0.25, 0.3) is 0 Å². The molecule has 1 N–H and O–H groups in total. The van der Waals surface area contributed by atoms with Crippen molar-refractivity contribution in [2.24, 2.45) is 0 Å². The quantitative estimate of drug-likeness (QED) is 0.825. The molecule has 1 aromatic carbocycles. The lowest BCUT2D eigenvalue weighted by Gasteiger charge is -2.06. The Hall–Kier alpha value is -0.260. The summed E-state index contributed by atoms with van der Waals surface area (Å²) in [6.45, 7) is 0.502. The second-order valence-corrected chi connectivity index (χ2v) is 6.52. The van der Waals surface area contributed by atoms with E-state index in [1.54, 1.807) is 12.1 Å². The van der Waals surface area contributed by atoms with Gasteiger partial charge in [0.1, 0.15) is 10.0 Å². The first-order valence-electron chi connectivity index (χ1n) is 4.54. The van der Waals surface area contributed by atoms with E-state index in [0.29, 0.717) is 21.6 Å². The van der Waals surface area contributed by atoms with Crippen LogP contribution in [-0.2, 0) is 6.54 Å². The highest BCUT2D eigenvalue weighted by atomic mass is 35.5. The van der Waals surface area contributed by atoms with Crippen molar-refractivity contribution >= 4 is 60.5 Å². The van der Waals surface area contributed by atoms with Crippen molar-refractivity contribution in [3.63, 3.8) is 0 Å². The van der Waals surface area contributed by atoms with Crippen LogP contribution in [0.4, 0.5) is 5.00 Å². The maximum atomic E-state index is 11.2. The Balaban J connectivity index is 2.12. The van der Waals surface area contributed by atoms with Crippen LogP contribution < -0.4 is 10.1 Å². The number of nitrogens with one attached hydrogen (secondary N) is 1. The third-order valence-electron chi connectivity index (χ3n) is 2.03. The first kappa shape index (κ1) is 13.2. The van der Waals surface area contributed by atoms with Gasteiger partial charge in [-0.3, -0.25) is 4.79 Å². The van der Waals surface area contributed by atoms with Crippen molar-refractivity contribution in [2.45, 2.75) is 6.54 Å². The lowest BCUT2D eigenvalue weighted by molar-refractivity contribution is 1.16. The summed E-state index contributed by atoms with van der Waals surface area (Å²) in [5.41, 5.74) is 0.901. The molecule has 1 aromatic heterocycles. The summed E-state index contributed by atoms with van der Waals surface area (Å²) >= 11 is 17.7. The molecule has 0 unspecified atom stereocenters. The second kappa shape index (κ2) is 5.59. The number of anilines is 1. The molecule has 0 amide bonds. The third kappa shape index (κ3) is 3.14. The SMILES string of the molecule is O=c1ssc(NCc2ccc(Cl)cc2Cl)c1Cl. The molecule has 2 aromatic rings. The van der Waals surface area contributed by atoms with Gasteiger partial charge in [-0.15, -0.1) is 0 Å². The first-order chi connectivity index (χ1) is 8.08. The van der Waals surface area contributed by atoms with Gasteiger partial charge in [0.15, 0.2) is 0 Å². The number of hydrogen-bond donors (Lipinski definition) is 1. The van der Waals surface area contributed by atoms with Crippen LogP contribution in [0.3, 0.4) is 0 Å². The van der Waals surface area contributed by atoms with Gasteiger partial charge in [-0.05, 0) is 28.0 Å². The van der Waals surface area contributed by atoms with Crippen molar-refractivity contribution in [1.82, 2.24) is 0 Å². The number of halogens is 3. The molecule has 7 heteroatoms. The Labute approximate surface area is 120 Å². The second-order valence-electron chi connectivity index (χ2n) is 3.19. The van der Waals surface area contributed by atoms with Crippen LogP contribution in [-0.4, -0.2) is 0 Å². The van der Waals surface area contributed by atoms with E-state index in [0.717, 1.165) is 15.9 Å². The van der Waals surface area contributed by atoms with Crippen molar-refractivity contribution in [3.8, 4) is 0 Å². The summed E-state index contributed by atoms with van der Waals surface area (Å²) in [5.74, 6) is 0. The van der Waals surface area contributed by atoms with Crippen LogP contribution >= 0.6 is 55.5 Å². The average Bonchev–Trinajstić information content (AvgIpc) is 2.59. The zero-order valence-corrected chi connectivity index (χ0v) is 12.2. The summed E-state index contributed by atoms with van der Waals surface area (Å²) in [6.07, 6.45) is 0. The molecule has 0 aliphatic carbocycles. The fraction of sp³-hybridized carbons (Fsp3) is 0.100. The Morgan fingerprint density at radius 2 is 1.94 bits per heavy atom. The molecule has 0 bridgehead atoms. The van der Waals surface area contributed by atoms with Gasteiger partial charge in [-0.25, -0.2) is 0 Å². The van der Waals surface area contributed by atoms with Crippen LogP contribution in [0.2, 0.25) is 15.1 Å². The molecule has 0 saturated carbocycles. The molecule has 0 aliphatic rings. The Kier molecular flexibility index (Phi) is 4.33. The van der Waals surface area contributed by atoms with E-state index in [-0.39, 0.29) is 9.77 Å². The third-order valence-corrected chi connectivity index (χ3v) is 5.36. The van der Waals surface area contributed by atoms with Crippen LogP contribution in [0.1, 0.15) is 5.56 Å². The molecule has 0 radical (unpaired) electrons. The summed E-state index contributed by atoms with van der Waals surface area (Å²) in [4.78, 5) is 11.2. The minimum absolute atomic E-state index is 0.124. The number of rotatable bonds is 3. The van der Waals surface area contributed by atoms with E-state index in [2.05, 4.69) is 5.32 Å². The zero-order valence-electron chi connectivity index (χ0n) is 8.30. The molecule has 17 heavy (non-hydrogen) atoms. The lowest BCUT2D eigenvalue weighted by atomic mass is 10.2. The zero-order chi connectivity index (χ0) is 12.4. The van der Waals surface area contributed by atoms with E-state index in [9.17, 15) is 4.79 Å². The minimum atomic E-state index is -0.124. The first-order valence-corrected chi connectivity index (χ1v) is 7.82. The summed E-state index contributed by atoms with van der Waals surface area (Å²) < 4.78 is -0.124. The maximum Gasteiger partial charge on any atom is 0.263 e. The maximum absolute atomic E-state index is 11.2. The summed E-state index contributed by atoms with van der Waals surface area (Å²) in [7, 11) is 2.43. The van der Waals surface area contributed by atoms with E-state index >= 15 is 0 Å². The lowest BCUT2D eigenvalue weighted by Crippen LogP contribution is -2.00. The highest BCUT2D eigenvalue weighted by Crippen LogP contribution is 2.28. The normalized spacial score (nSPS) is 10.5. The molecule has 90 valence electrons. The highest BCUT2D eigenvalue weighted by molar-refractivity contribution is 7.70. The number of hydrogen-bond acceptors (Lipinski definition) is 4. The molecule has 2 rings (SSSR count). The molecule has 0 spiro atoms. The topological polar surface area (TPSA) is 29.1 Å². The molecule has 0 atom stereocenters. The smallest absolute Gasteiger partial charge is 0.263 e. The Morgan fingerprint density at radius 3 is 2.53 bits per heavy atom. The molecular formula is C10H6Cl3NOS2. The van der Waals surface area contributed by atoms with E-state index < -0.39 is 0 Å². The van der Waals surface area contributed by atoms with Gasteiger partial charge in [0.25, 0.3) is 4.74 Å². The Bertz CT molecular complexity index is 593.